The number of nitrogens with one attached hydrogen (secondary N) is 1. The van der Waals surface area contributed by atoms with Gasteiger partial charge in [-0.1, -0.05) is 34.8 Å². The van der Waals surface area contributed by atoms with Gasteiger partial charge in [0.25, 0.3) is 0 Å². The van der Waals surface area contributed by atoms with Crippen LogP contribution in [0.3, 0.4) is 0 Å². The summed E-state index contributed by atoms with van der Waals surface area (Å²) in [6.07, 6.45) is 0. The van der Waals surface area contributed by atoms with Gasteiger partial charge in [0.15, 0.2) is 0 Å². The molecule has 0 aliphatic heterocycles. The van der Waals surface area contributed by atoms with Crippen molar-refractivity contribution in [2.45, 2.75) is 13.8 Å². The zero-order chi connectivity index (χ0) is 17.9. The molecule has 2 aromatic carbocycles. The van der Waals surface area contributed by atoms with E-state index in [0.717, 1.165) is 5.56 Å². The fourth-order valence-corrected chi connectivity index (χ4v) is 2.66. The third-order valence-electron chi connectivity index (χ3n) is 3.36. The largest absolute Gasteiger partial charge is 0.324 e. The molecule has 0 bridgehead atoms. The molecule has 0 aliphatic rings. The maximum absolute atomic E-state index is 12.3. The molecule has 0 fully saturated rings. The summed E-state index contributed by atoms with van der Waals surface area (Å²) >= 11 is 17.8. The zero-order valence-corrected chi connectivity index (χ0v) is 15.3. The molecule has 0 radical (unpaired) electrons. The van der Waals surface area contributed by atoms with E-state index in [-0.39, 0.29) is 18.4 Å². The van der Waals surface area contributed by atoms with Crippen molar-refractivity contribution in [3.05, 3.63) is 57.0 Å². The van der Waals surface area contributed by atoms with Crippen molar-refractivity contribution in [2.24, 2.45) is 0 Å². The van der Waals surface area contributed by atoms with E-state index in [1.54, 1.807) is 36.4 Å². The van der Waals surface area contributed by atoms with Crippen molar-refractivity contribution in [3.63, 3.8) is 0 Å². The highest BCUT2D eigenvalue weighted by Gasteiger charge is 2.17. The number of carbonyl (C=O) groups excluding carboxylic acids is 2. The third-order valence-corrected chi connectivity index (χ3v) is 4.33. The SMILES string of the molecule is CC(=O)N(CC(=O)Nc1ccc(Cl)cc1C)c1ccc(Cl)c(Cl)c1. The fraction of sp³-hybridized carbons (Fsp3) is 0.176. The number of nitrogens with zero attached hydrogens (tertiary/aromatic N) is 1. The summed E-state index contributed by atoms with van der Waals surface area (Å²) in [6.45, 7) is 3.07. The number of amides is 2. The molecule has 0 spiro atoms. The molecule has 7 heteroatoms. The summed E-state index contributed by atoms with van der Waals surface area (Å²) < 4.78 is 0. The van der Waals surface area contributed by atoms with Gasteiger partial charge in [-0.2, -0.15) is 0 Å². The minimum Gasteiger partial charge on any atom is -0.324 e. The van der Waals surface area contributed by atoms with Crippen LogP contribution in [0.2, 0.25) is 15.1 Å². The van der Waals surface area contributed by atoms with Gasteiger partial charge in [-0.05, 0) is 48.9 Å². The van der Waals surface area contributed by atoms with Crippen molar-refractivity contribution in [3.8, 4) is 0 Å². The second-order valence-electron chi connectivity index (χ2n) is 5.21. The lowest BCUT2D eigenvalue weighted by molar-refractivity contribution is -0.120. The second-order valence-corrected chi connectivity index (χ2v) is 6.46. The number of aryl methyl sites for hydroxylation is 1. The molecule has 2 aromatic rings. The number of rotatable bonds is 4. The smallest absolute Gasteiger partial charge is 0.244 e. The van der Waals surface area contributed by atoms with E-state index in [1.165, 1.54) is 11.8 Å². The van der Waals surface area contributed by atoms with Crippen LogP contribution in [0.5, 0.6) is 0 Å². The molecular formula is C17H15Cl3N2O2. The molecule has 0 aliphatic carbocycles. The van der Waals surface area contributed by atoms with Crippen molar-refractivity contribution in [2.75, 3.05) is 16.8 Å². The van der Waals surface area contributed by atoms with Crippen molar-refractivity contribution in [1.29, 1.82) is 0 Å². The Bertz CT molecular complexity index is 793. The Labute approximate surface area is 155 Å². The van der Waals surface area contributed by atoms with Crippen molar-refractivity contribution >= 4 is 58.0 Å². The maximum Gasteiger partial charge on any atom is 0.244 e. The van der Waals surface area contributed by atoms with Gasteiger partial charge in [0.1, 0.15) is 6.54 Å². The second kappa shape index (κ2) is 7.88. The fourth-order valence-electron chi connectivity index (χ4n) is 2.14. The summed E-state index contributed by atoms with van der Waals surface area (Å²) in [5.41, 5.74) is 1.97. The molecule has 0 aromatic heterocycles. The van der Waals surface area contributed by atoms with Gasteiger partial charge in [-0.15, -0.1) is 0 Å². The molecule has 4 nitrogen and oxygen atoms in total. The lowest BCUT2D eigenvalue weighted by atomic mass is 10.2. The zero-order valence-electron chi connectivity index (χ0n) is 13.1. The Hall–Kier alpha value is -1.75. The molecule has 1 N–H and O–H groups in total. The highest BCUT2D eigenvalue weighted by molar-refractivity contribution is 6.42. The van der Waals surface area contributed by atoms with Crippen LogP contribution < -0.4 is 10.2 Å². The van der Waals surface area contributed by atoms with E-state index < -0.39 is 0 Å². The van der Waals surface area contributed by atoms with Crippen LogP contribution in [0.25, 0.3) is 0 Å². The third kappa shape index (κ3) is 4.63. The minimum absolute atomic E-state index is 0.143. The van der Waals surface area contributed by atoms with Crippen LogP contribution in [0, 0.1) is 6.92 Å². The molecule has 24 heavy (non-hydrogen) atoms. The number of halogens is 3. The molecule has 0 saturated carbocycles. The van der Waals surface area contributed by atoms with Gasteiger partial charge in [-0.25, -0.2) is 0 Å². The molecule has 0 unspecified atom stereocenters. The topological polar surface area (TPSA) is 49.4 Å². The van der Waals surface area contributed by atoms with E-state index in [0.29, 0.717) is 26.4 Å². The average molecular weight is 386 g/mol. The highest BCUT2D eigenvalue weighted by Crippen LogP contribution is 2.27. The number of benzene rings is 2. The number of hydrogen-bond donors (Lipinski definition) is 1. The Morgan fingerprint density at radius 2 is 1.75 bits per heavy atom. The van der Waals surface area contributed by atoms with Crippen LogP contribution in [0.1, 0.15) is 12.5 Å². The molecular weight excluding hydrogens is 371 g/mol. The Kier molecular flexibility index (Phi) is 6.10. The van der Waals surface area contributed by atoms with Gasteiger partial charge in [-0.3, -0.25) is 9.59 Å². The number of carbonyl (C=O) groups is 2. The molecule has 2 amide bonds. The first kappa shape index (κ1) is 18.6. The lowest BCUT2D eigenvalue weighted by Crippen LogP contribution is -2.36. The van der Waals surface area contributed by atoms with Gasteiger partial charge < -0.3 is 10.2 Å². The highest BCUT2D eigenvalue weighted by atomic mass is 35.5. The van der Waals surface area contributed by atoms with Gasteiger partial charge in [0.05, 0.1) is 10.0 Å². The normalized spacial score (nSPS) is 10.4. The monoisotopic (exact) mass is 384 g/mol. The quantitative estimate of drug-likeness (QED) is 0.810. The number of anilines is 2. The molecule has 0 heterocycles. The van der Waals surface area contributed by atoms with E-state index in [9.17, 15) is 9.59 Å². The first-order chi connectivity index (χ1) is 11.3. The lowest BCUT2D eigenvalue weighted by Gasteiger charge is -2.21. The molecule has 126 valence electrons. The van der Waals surface area contributed by atoms with E-state index in [1.807, 2.05) is 6.92 Å². The van der Waals surface area contributed by atoms with Gasteiger partial charge in [0.2, 0.25) is 11.8 Å². The molecule has 0 atom stereocenters. The van der Waals surface area contributed by atoms with Crippen LogP contribution >= 0.6 is 34.8 Å². The van der Waals surface area contributed by atoms with E-state index >= 15 is 0 Å². The predicted octanol–water partition coefficient (Wildman–Crippen LogP) is 4.95. The van der Waals surface area contributed by atoms with Crippen LogP contribution in [-0.2, 0) is 9.59 Å². The molecule has 0 saturated heterocycles. The summed E-state index contributed by atoms with van der Waals surface area (Å²) in [6, 6.07) is 9.91. The predicted molar refractivity (Wildman–Crippen MR) is 99.3 cm³/mol. The number of hydrogen-bond acceptors (Lipinski definition) is 2. The first-order valence-corrected chi connectivity index (χ1v) is 8.20. The average Bonchev–Trinajstić information content (AvgIpc) is 2.50. The van der Waals surface area contributed by atoms with E-state index in [4.69, 9.17) is 34.8 Å². The standard InChI is InChI=1S/C17H15Cl3N2O2/c1-10-7-12(18)3-6-16(10)21-17(24)9-22(11(2)23)13-4-5-14(19)15(20)8-13/h3-8H,9H2,1-2H3,(H,21,24). The summed E-state index contributed by atoms with van der Waals surface area (Å²) in [4.78, 5) is 25.5. The van der Waals surface area contributed by atoms with Gasteiger partial charge >= 0.3 is 0 Å². The molecule has 2 rings (SSSR count). The van der Waals surface area contributed by atoms with Crippen LogP contribution in [-0.4, -0.2) is 18.4 Å². The summed E-state index contributed by atoms with van der Waals surface area (Å²) in [5.74, 6) is -0.613. The Balaban J connectivity index is 2.16. The van der Waals surface area contributed by atoms with Crippen molar-refractivity contribution < 1.29 is 9.59 Å². The van der Waals surface area contributed by atoms with E-state index in [2.05, 4.69) is 5.32 Å². The van der Waals surface area contributed by atoms with Crippen molar-refractivity contribution in [1.82, 2.24) is 0 Å². The van der Waals surface area contributed by atoms with Crippen LogP contribution in [0.15, 0.2) is 36.4 Å². The first-order valence-electron chi connectivity index (χ1n) is 7.07. The Morgan fingerprint density at radius 1 is 1.04 bits per heavy atom. The van der Waals surface area contributed by atoms with Crippen LogP contribution in [0.4, 0.5) is 11.4 Å². The Morgan fingerprint density at radius 3 is 2.33 bits per heavy atom. The van der Waals surface area contributed by atoms with Gasteiger partial charge in [0, 0.05) is 23.3 Å². The maximum atomic E-state index is 12.3. The summed E-state index contributed by atoms with van der Waals surface area (Å²) in [7, 11) is 0. The summed E-state index contributed by atoms with van der Waals surface area (Å²) in [5, 5.41) is 4.05. The minimum atomic E-state index is -0.332.